The van der Waals surface area contributed by atoms with E-state index >= 15 is 0 Å². The van der Waals surface area contributed by atoms with E-state index in [0.717, 1.165) is 29.7 Å². The van der Waals surface area contributed by atoms with Crippen molar-refractivity contribution in [1.82, 2.24) is 10.3 Å². The van der Waals surface area contributed by atoms with Crippen molar-refractivity contribution in [3.05, 3.63) is 15.6 Å². The maximum atomic E-state index is 5.86. The molecule has 1 aliphatic rings. The SMILES string of the molecule is CC(C)c1nc(C2CSCCO2)sc1CNC(C)(C)C. The van der Waals surface area contributed by atoms with Crippen molar-refractivity contribution in [3.8, 4) is 0 Å². The molecule has 0 radical (unpaired) electrons. The Labute approximate surface area is 130 Å². The van der Waals surface area contributed by atoms with Crippen LogP contribution in [0.4, 0.5) is 0 Å². The van der Waals surface area contributed by atoms with Gasteiger partial charge in [-0.2, -0.15) is 11.8 Å². The van der Waals surface area contributed by atoms with E-state index in [1.165, 1.54) is 10.6 Å². The van der Waals surface area contributed by atoms with Gasteiger partial charge in [0, 0.05) is 28.5 Å². The highest BCUT2D eigenvalue weighted by Gasteiger charge is 2.24. The van der Waals surface area contributed by atoms with E-state index in [-0.39, 0.29) is 11.6 Å². The molecule has 0 aromatic carbocycles. The quantitative estimate of drug-likeness (QED) is 0.912. The molecule has 0 aliphatic carbocycles. The number of thioether (sulfide) groups is 1. The zero-order valence-corrected chi connectivity index (χ0v) is 14.8. The number of rotatable bonds is 4. The Kier molecular flexibility index (Phi) is 5.51. The summed E-state index contributed by atoms with van der Waals surface area (Å²) in [6.07, 6.45) is 0.194. The van der Waals surface area contributed by atoms with Crippen LogP contribution in [0.1, 0.15) is 62.2 Å². The Bertz CT molecular complexity index is 432. The summed E-state index contributed by atoms with van der Waals surface area (Å²) in [5.41, 5.74) is 1.37. The third-order valence-corrected chi connectivity index (χ3v) is 5.32. The van der Waals surface area contributed by atoms with Crippen LogP contribution in [0.5, 0.6) is 0 Å². The molecule has 20 heavy (non-hydrogen) atoms. The van der Waals surface area contributed by atoms with Crippen LogP contribution >= 0.6 is 23.1 Å². The molecule has 0 bridgehead atoms. The largest absolute Gasteiger partial charge is 0.369 e. The first-order valence-corrected chi connectivity index (χ1v) is 9.28. The van der Waals surface area contributed by atoms with Gasteiger partial charge in [-0.25, -0.2) is 4.98 Å². The van der Waals surface area contributed by atoms with Crippen molar-refractivity contribution >= 4 is 23.1 Å². The highest BCUT2D eigenvalue weighted by molar-refractivity contribution is 7.99. The van der Waals surface area contributed by atoms with E-state index in [1.807, 2.05) is 23.1 Å². The van der Waals surface area contributed by atoms with Gasteiger partial charge in [0.15, 0.2) is 0 Å². The Balaban J connectivity index is 2.14. The fourth-order valence-corrected chi connectivity index (χ4v) is 4.24. The lowest BCUT2D eigenvalue weighted by molar-refractivity contribution is 0.0754. The van der Waals surface area contributed by atoms with E-state index in [0.29, 0.717) is 5.92 Å². The van der Waals surface area contributed by atoms with Gasteiger partial charge in [-0.15, -0.1) is 11.3 Å². The molecule has 5 heteroatoms. The van der Waals surface area contributed by atoms with Crippen LogP contribution in [-0.4, -0.2) is 28.6 Å². The summed E-state index contributed by atoms with van der Waals surface area (Å²) < 4.78 is 5.86. The second-order valence-corrected chi connectivity index (χ2v) is 8.82. The molecule has 1 N–H and O–H groups in total. The van der Waals surface area contributed by atoms with E-state index < -0.39 is 0 Å². The Morgan fingerprint density at radius 1 is 1.40 bits per heavy atom. The van der Waals surface area contributed by atoms with Crippen LogP contribution in [-0.2, 0) is 11.3 Å². The molecule has 1 aliphatic heterocycles. The van der Waals surface area contributed by atoms with Crippen LogP contribution < -0.4 is 5.32 Å². The van der Waals surface area contributed by atoms with Crippen LogP contribution in [0.3, 0.4) is 0 Å². The lowest BCUT2D eigenvalue weighted by Gasteiger charge is -2.20. The number of nitrogens with zero attached hydrogens (tertiary/aromatic N) is 1. The zero-order chi connectivity index (χ0) is 14.8. The molecule has 2 heterocycles. The molecule has 2 rings (SSSR count). The Morgan fingerprint density at radius 2 is 2.15 bits per heavy atom. The number of hydrogen-bond acceptors (Lipinski definition) is 5. The van der Waals surface area contributed by atoms with Gasteiger partial charge in [0.05, 0.1) is 12.3 Å². The summed E-state index contributed by atoms with van der Waals surface area (Å²) in [6, 6.07) is 0. The summed E-state index contributed by atoms with van der Waals surface area (Å²) in [5, 5.41) is 4.73. The van der Waals surface area contributed by atoms with Gasteiger partial charge in [-0.05, 0) is 26.7 Å². The normalized spacial score (nSPS) is 20.6. The molecule has 114 valence electrons. The average molecular weight is 315 g/mol. The summed E-state index contributed by atoms with van der Waals surface area (Å²) in [5.74, 6) is 2.61. The lowest BCUT2D eigenvalue weighted by atomic mass is 10.1. The number of thiazole rings is 1. The van der Waals surface area contributed by atoms with Crippen LogP contribution in [0.2, 0.25) is 0 Å². The van der Waals surface area contributed by atoms with Gasteiger partial charge >= 0.3 is 0 Å². The predicted octanol–water partition coefficient (Wildman–Crippen LogP) is 3.96. The van der Waals surface area contributed by atoms with Gasteiger partial charge in [-0.3, -0.25) is 0 Å². The topological polar surface area (TPSA) is 34.1 Å². The molecule has 0 spiro atoms. The first-order chi connectivity index (χ1) is 9.37. The highest BCUT2D eigenvalue weighted by Crippen LogP contribution is 2.33. The minimum atomic E-state index is 0.135. The molecular weight excluding hydrogens is 288 g/mol. The molecule has 1 aromatic heterocycles. The summed E-state index contributed by atoms with van der Waals surface area (Å²) in [6.45, 7) is 12.8. The second kappa shape index (κ2) is 6.77. The minimum Gasteiger partial charge on any atom is -0.369 e. The monoisotopic (exact) mass is 314 g/mol. The molecule has 1 unspecified atom stereocenters. The Morgan fingerprint density at radius 3 is 2.70 bits per heavy atom. The summed E-state index contributed by atoms with van der Waals surface area (Å²) in [4.78, 5) is 6.24. The zero-order valence-electron chi connectivity index (χ0n) is 13.2. The molecule has 1 fully saturated rings. The standard InChI is InChI=1S/C15H26N2OS2/c1-10(2)13-12(8-16-15(3,4)5)20-14(17-13)11-9-19-7-6-18-11/h10-11,16H,6-9H2,1-5H3. The van der Waals surface area contributed by atoms with Crippen LogP contribution in [0.25, 0.3) is 0 Å². The molecule has 0 amide bonds. The number of hydrogen-bond donors (Lipinski definition) is 1. The van der Waals surface area contributed by atoms with Crippen molar-refractivity contribution in [2.24, 2.45) is 0 Å². The number of ether oxygens (including phenoxy) is 1. The smallest absolute Gasteiger partial charge is 0.123 e. The minimum absolute atomic E-state index is 0.135. The van der Waals surface area contributed by atoms with Gasteiger partial charge < -0.3 is 10.1 Å². The van der Waals surface area contributed by atoms with Gasteiger partial charge in [-0.1, -0.05) is 13.8 Å². The molecule has 3 nitrogen and oxygen atoms in total. The van der Waals surface area contributed by atoms with E-state index in [9.17, 15) is 0 Å². The van der Waals surface area contributed by atoms with Crippen molar-refractivity contribution in [3.63, 3.8) is 0 Å². The highest BCUT2D eigenvalue weighted by atomic mass is 32.2. The Hall–Kier alpha value is -0.100. The first kappa shape index (κ1) is 16.3. The third kappa shape index (κ3) is 4.45. The molecular formula is C15H26N2OS2. The summed E-state index contributed by atoms with van der Waals surface area (Å²) >= 11 is 3.79. The van der Waals surface area contributed by atoms with E-state index in [2.05, 4.69) is 39.9 Å². The van der Waals surface area contributed by atoms with Crippen LogP contribution in [0.15, 0.2) is 0 Å². The van der Waals surface area contributed by atoms with E-state index in [4.69, 9.17) is 9.72 Å². The first-order valence-electron chi connectivity index (χ1n) is 7.30. The fraction of sp³-hybridized carbons (Fsp3) is 0.800. The van der Waals surface area contributed by atoms with Gasteiger partial charge in [0.1, 0.15) is 11.1 Å². The van der Waals surface area contributed by atoms with Crippen LogP contribution in [0, 0.1) is 0 Å². The molecule has 0 saturated carbocycles. The second-order valence-electron chi connectivity index (χ2n) is 6.55. The van der Waals surface area contributed by atoms with E-state index in [1.54, 1.807) is 0 Å². The average Bonchev–Trinajstić information content (AvgIpc) is 2.81. The molecule has 1 aromatic rings. The maximum absolute atomic E-state index is 5.86. The number of nitrogens with one attached hydrogen (secondary N) is 1. The van der Waals surface area contributed by atoms with Crippen molar-refractivity contribution in [1.29, 1.82) is 0 Å². The fourth-order valence-electron chi connectivity index (χ4n) is 2.07. The van der Waals surface area contributed by atoms with Gasteiger partial charge in [0.25, 0.3) is 0 Å². The molecule has 1 saturated heterocycles. The van der Waals surface area contributed by atoms with Gasteiger partial charge in [0.2, 0.25) is 0 Å². The lowest BCUT2D eigenvalue weighted by Crippen LogP contribution is -2.35. The predicted molar refractivity (Wildman–Crippen MR) is 88.8 cm³/mol. The van der Waals surface area contributed by atoms with Crippen molar-refractivity contribution < 1.29 is 4.74 Å². The third-order valence-electron chi connectivity index (χ3n) is 3.16. The number of aromatic nitrogens is 1. The maximum Gasteiger partial charge on any atom is 0.123 e. The van der Waals surface area contributed by atoms with Crippen molar-refractivity contribution in [2.45, 2.75) is 58.7 Å². The van der Waals surface area contributed by atoms with Crippen molar-refractivity contribution in [2.75, 3.05) is 18.1 Å². The summed E-state index contributed by atoms with van der Waals surface area (Å²) in [7, 11) is 0. The molecule has 1 atom stereocenters.